The highest BCUT2D eigenvalue weighted by molar-refractivity contribution is 4.95. The Hall–Kier alpha value is -0.0800. The van der Waals surface area contributed by atoms with Crippen molar-refractivity contribution in [3.63, 3.8) is 0 Å². The highest BCUT2D eigenvalue weighted by atomic mass is 15.2. The lowest BCUT2D eigenvalue weighted by molar-refractivity contribution is 0.0867. The Bertz CT molecular complexity index is 285. The van der Waals surface area contributed by atoms with E-state index < -0.39 is 0 Å². The predicted octanol–water partition coefficient (Wildman–Crippen LogP) is 4.30. The number of rotatable bonds is 9. The summed E-state index contributed by atoms with van der Waals surface area (Å²) in [4.78, 5) is 2.88. The third-order valence-electron chi connectivity index (χ3n) is 5.50. The highest BCUT2D eigenvalue weighted by Gasteiger charge is 2.39. The van der Waals surface area contributed by atoms with E-state index in [1.807, 2.05) is 0 Å². The van der Waals surface area contributed by atoms with Crippen LogP contribution in [-0.4, -0.2) is 36.6 Å². The number of hydrogen-bond acceptors (Lipinski definition) is 2. The van der Waals surface area contributed by atoms with Gasteiger partial charge >= 0.3 is 0 Å². The van der Waals surface area contributed by atoms with Crippen molar-refractivity contribution in [3.8, 4) is 0 Å². The number of nitrogens with one attached hydrogen (secondary N) is 1. The van der Waals surface area contributed by atoms with Gasteiger partial charge in [-0.05, 0) is 43.4 Å². The highest BCUT2D eigenvalue weighted by Crippen LogP contribution is 2.37. The van der Waals surface area contributed by atoms with Crippen LogP contribution in [-0.2, 0) is 0 Å². The normalized spacial score (nSPS) is 29.0. The third-order valence-corrected chi connectivity index (χ3v) is 5.50. The van der Waals surface area contributed by atoms with Crippen molar-refractivity contribution < 1.29 is 0 Å². The first-order chi connectivity index (χ1) is 10.1. The van der Waals surface area contributed by atoms with E-state index in [1.165, 1.54) is 64.6 Å². The van der Waals surface area contributed by atoms with E-state index >= 15 is 0 Å². The molecule has 0 aromatic carbocycles. The van der Waals surface area contributed by atoms with Gasteiger partial charge in [-0.3, -0.25) is 4.90 Å². The van der Waals surface area contributed by atoms with Gasteiger partial charge in [0, 0.05) is 31.7 Å². The van der Waals surface area contributed by atoms with Gasteiger partial charge in [-0.15, -0.1) is 0 Å². The Labute approximate surface area is 133 Å². The fourth-order valence-corrected chi connectivity index (χ4v) is 4.03. The van der Waals surface area contributed by atoms with Gasteiger partial charge in [0.25, 0.3) is 0 Å². The summed E-state index contributed by atoms with van der Waals surface area (Å²) in [6, 6.07) is 1.56. The van der Waals surface area contributed by atoms with Crippen LogP contribution in [0.3, 0.4) is 0 Å². The zero-order chi connectivity index (χ0) is 15.2. The fraction of sp³-hybridized carbons (Fsp3) is 1.00. The standard InChI is InChI=1S/C19H38N2/c1-5-7-8-16(6-2)13-21-14-18(11-15(3)4)20-12-19(21)17-9-10-17/h15-20H,5-14H2,1-4H3. The van der Waals surface area contributed by atoms with Crippen molar-refractivity contribution in [2.45, 2.75) is 84.7 Å². The molecule has 124 valence electrons. The van der Waals surface area contributed by atoms with Gasteiger partial charge in [-0.1, -0.05) is 47.0 Å². The maximum Gasteiger partial charge on any atom is 0.0249 e. The number of nitrogens with zero attached hydrogens (tertiary/aromatic N) is 1. The fourth-order valence-electron chi connectivity index (χ4n) is 4.03. The Balaban J connectivity index is 1.89. The zero-order valence-corrected chi connectivity index (χ0v) is 14.9. The van der Waals surface area contributed by atoms with Gasteiger partial charge in [-0.2, -0.15) is 0 Å². The van der Waals surface area contributed by atoms with Crippen molar-refractivity contribution in [1.29, 1.82) is 0 Å². The lowest BCUT2D eigenvalue weighted by Gasteiger charge is -2.43. The van der Waals surface area contributed by atoms with Gasteiger partial charge in [-0.25, -0.2) is 0 Å². The lowest BCUT2D eigenvalue weighted by Crippen LogP contribution is -2.58. The largest absolute Gasteiger partial charge is 0.311 e. The van der Waals surface area contributed by atoms with Crippen LogP contribution in [0.15, 0.2) is 0 Å². The smallest absolute Gasteiger partial charge is 0.0249 e. The van der Waals surface area contributed by atoms with Crippen molar-refractivity contribution in [3.05, 3.63) is 0 Å². The molecule has 0 radical (unpaired) electrons. The second-order valence-electron chi connectivity index (χ2n) is 8.01. The number of unbranched alkanes of at least 4 members (excludes halogenated alkanes) is 1. The molecule has 1 saturated carbocycles. The Morgan fingerprint density at radius 3 is 2.52 bits per heavy atom. The van der Waals surface area contributed by atoms with Crippen molar-refractivity contribution in [1.82, 2.24) is 10.2 Å². The molecule has 2 aliphatic rings. The van der Waals surface area contributed by atoms with Crippen molar-refractivity contribution >= 4 is 0 Å². The summed E-state index contributed by atoms with van der Waals surface area (Å²) >= 11 is 0. The molecule has 0 aromatic heterocycles. The molecule has 0 amide bonds. The van der Waals surface area contributed by atoms with E-state index in [2.05, 4.69) is 37.9 Å². The summed E-state index contributed by atoms with van der Waals surface area (Å²) in [5, 5.41) is 3.84. The van der Waals surface area contributed by atoms with Crippen LogP contribution in [0.4, 0.5) is 0 Å². The van der Waals surface area contributed by atoms with Crippen LogP contribution in [0.2, 0.25) is 0 Å². The maximum atomic E-state index is 3.84. The molecule has 2 nitrogen and oxygen atoms in total. The van der Waals surface area contributed by atoms with E-state index in [4.69, 9.17) is 0 Å². The molecule has 1 aliphatic carbocycles. The monoisotopic (exact) mass is 294 g/mol. The van der Waals surface area contributed by atoms with E-state index in [0.717, 1.165) is 29.8 Å². The topological polar surface area (TPSA) is 15.3 Å². The Morgan fingerprint density at radius 1 is 1.19 bits per heavy atom. The summed E-state index contributed by atoms with van der Waals surface area (Å²) in [6.45, 7) is 13.3. The lowest BCUT2D eigenvalue weighted by atomic mass is 9.94. The molecule has 3 unspecified atom stereocenters. The molecule has 1 saturated heterocycles. The summed E-state index contributed by atoms with van der Waals surface area (Å²) < 4.78 is 0. The molecule has 2 fully saturated rings. The number of piperazine rings is 1. The first kappa shape index (κ1) is 17.3. The van der Waals surface area contributed by atoms with E-state index in [9.17, 15) is 0 Å². The van der Waals surface area contributed by atoms with Gasteiger partial charge in [0.05, 0.1) is 0 Å². The van der Waals surface area contributed by atoms with Gasteiger partial charge in [0.1, 0.15) is 0 Å². The van der Waals surface area contributed by atoms with Crippen molar-refractivity contribution in [2.75, 3.05) is 19.6 Å². The first-order valence-electron chi connectivity index (χ1n) is 9.61. The summed E-state index contributed by atoms with van der Waals surface area (Å²) in [7, 11) is 0. The molecule has 2 heteroatoms. The average Bonchev–Trinajstić information content (AvgIpc) is 3.27. The van der Waals surface area contributed by atoms with Crippen LogP contribution < -0.4 is 5.32 Å². The molecule has 2 rings (SSSR count). The molecule has 1 N–H and O–H groups in total. The summed E-state index contributed by atoms with van der Waals surface area (Å²) in [6.07, 6.45) is 9.83. The zero-order valence-electron chi connectivity index (χ0n) is 14.9. The van der Waals surface area contributed by atoms with E-state index in [-0.39, 0.29) is 0 Å². The third kappa shape index (κ3) is 5.56. The SMILES string of the molecule is CCCCC(CC)CN1CC(CC(C)C)NCC1C1CC1. The van der Waals surface area contributed by atoms with E-state index in [1.54, 1.807) is 0 Å². The van der Waals surface area contributed by atoms with Crippen LogP contribution in [0.5, 0.6) is 0 Å². The minimum Gasteiger partial charge on any atom is -0.311 e. The molecule has 0 aromatic rings. The van der Waals surface area contributed by atoms with Gasteiger partial charge in [0.2, 0.25) is 0 Å². The van der Waals surface area contributed by atoms with Crippen molar-refractivity contribution in [2.24, 2.45) is 17.8 Å². The molecule has 0 spiro atoms. The second-order valence-corrected chi connectivity index (χ2v) is 8.01. The Kier molecular flexibility index (Phi) is 7.01. The molecule has 1 aliphatic heterocycles. The molecular formula is C19H38N2. The summed E-state index contributed by atoms with van der Waals surface area (Å²) in [5.41, 5.74) is 0. The minimum atomic E-state index is 0.726. The van der Waals surface area contributed by atoms with Gasteiger partial charge < -0.3 is 5.32 Å². The number of hydrogen-bond donors (Lipinski definition) is 1. The van der Waals surface area contributed by atoms with Crippen LogP contribution in [0.25, 0.3) is 0 Å². The quantitative estimate of drug-likeness (QED) is 0.682. The molecular weight excluding hydrogens is 256 g/mol. The summed E-state index contributed by atoms with van der Waals surface area (Å²) in [5.74, 6) is 2.73. The molecule has 3 atom stereocenters. The average molecular weight is 295 g/mol. The molecule has 0 bridgehead atoms. The maximum absolute atomic E-state index is 3.84. The first-order valence-corrected chi connectivity index (χ1v) is 9.61. The van der Waals surface area contributed by atoms with Crippen LogP contribution >= 0.6 is 0 Å². The molecule has 1 heterocycles. The Morgan fingerprint density at radius 2 is 1.95 bits per heavy atom. The second kappa shape index (κ2) is 8.53. The van der Waals surface area contributed by atoms with Crippen LogP contribution in [0, 0.1) is 17.8 Å². The van der Waals surface area contributed by atoms with E-state index in [0.29, 0.717) is 0 Å². The molecule has 21 heavy (non-hydrogen) atoms. The minimum absolute atomic E-state index is 0.726. The predicted molar refractivity (Wildman–Crippen MR) is 92.6 cm³/mol. The van der Waals surface area contributed by atoms with Gasteiger partial charge in [0.15, 0.2) is 0 Å². The van der Waals surface area contributed by atoms with Crippen LogP contribution in [0.1, 0.15) is 72.6 Å².